The molecule has 5 nitrogen and oxygen atoms in total. The molecule has 2 N–H and O–H groups in total. The van der Waals surface area contributed by atoms with Crippen molar-refractivity contribution >= 4 is 0 Å². The zero-order chi connectivity index (χ0) is 14.0. The van der Waals surface area contributed by atoms with Crippen LogP contribution < -0.4 is 5.32 Å². The number of aliphatic hydroxyl groups is 1. The van der Waals surface area contributed by atoms with Crippen molar-refractivity contribution in [2.75, 3.05) is 13.1 Å². The summed E-state index contributed by atoms with van der Waals surface area (Å²) in [5.74, 6) is 2.40. The van der Waals surface area contributed by atoms with Crippen LogP contribution in [-0.2, 0) is 5.60 Å². The summed E-state index contributed by atoms with van der Waals surface area (Å²) >= 11 is 0. The molecule has 1 aromatic rings. The third kappa shape index (κ3) is 2.74. The minimum Gasteiger partial charge on any atom is -0.379 e. The highest BCUT2D eigenvalue weighted by Gasteiger charge is 2.38. The van der Waals surface area contributed by atoms with Crippen LogP contribution in [0.5, 0.6) is 0 Å². The van der Waals surface area contributed by atoms with Crippen molar-refractivity contribution in [1.29, 1.82) is 0 Å². The highest BCUT2D eigenvalue weighted by molar-refractivity contribution is 5.05. The van der Waals surface area contributed by atoms with Crippen molar-refractivity contribution in [3.8, 4) is 0 Å². The van der Waals surface area contributed by atoms with Crippen molar-refractivity contribution in [3.05, 3.63) is 11.7 Å². The van der Waals surface area contributed by atoms with E-state index in [4.69, 9.17) is 4.52 Å². The maximum Gasteiger partial charge on any atom is 0.259 e. The second-order valence-electron chi connectivity index (χ2n) is 6.41. The Balaban J connectivity index is 1.73. The number of aromatic nitrogens is 2. The van der Waals surface area contributed by atoms with Gasteiger partial charge in [-0.3, -0.25) is 0 Å². The fourth-order valence-electron chi connectivity index (χ4n) is 3.56. The van der Waals surface area contributed by atoms with Crippen LogP contribution in [-0.4, -0.2) is 28.3 Å². The molecule has 2 heterocycles. The van der Waals surface area contributed by atoms with Crippen LogP contribution in [0.2, 0.25) is 0 Å². The first-order valence-electron chi connectivity index (χ1n) is 7.98. The van der Waals surface area contributed by atoms with E-state index in [1.54, 1.807) is 0 Å². The van der Waals surface area contributed by atoms with E-state index in [9.17, 15) is 5.11 Å². The van der Waals surface area contributed by atoms with E-state index in [0.29, 0.717) is 24.8 Å². The lowest BCUT2D eigenvalue weighted by molar-refractivity contribution is -0.0167. The van der Waals surface area contributed by atoms with E-state index in [1.807, 2.05) is 0 Å². The number of β-amino-alcohol motifs (C(OH)–C–C–N with tert-alkyl or cyclic N) is 1. The lowest BCUT2D eigenvalue weighted by atomic mass is 9.80. The molecule has 1 aromatic heterocycles. The molecular weight excluding hydrogens is 254 g/mol. The van der Waals surface area contributed by atoms with Crippen molar-refractivity contribution in [1.82, 2.24) is 15.5 Å². The molecule has 3 rings (SSSR count). The van der Waals surface area contributed by atoms with Gasteiger partial charge in [0.25, 0.3) is 5.89 Å². The maximum atomic E-state index is 10.6. The van der Waals surface area contributed by atoms with Crippen LogP contribution in [0.15, 0.2) is 4.52 Å². The number of piperidine rings is 1. The molecular formula is C15H25N3O2. The summed E-state index contributed by atoms with van der Waals surface area (Å²) < 4.78 is 5.38. The van der Waals surface area contributed by atoms with E-state index >= 15 is 0 Å². The lowest BCUT2D eigenvalue weighted by Crippen LogP contribution is -2.43. The fraction of sp³-hybridized carbons (Fsp3) is 0.867. The van der Waals surface area contributed by atoms with Gasteiger partial charge in [-0.2, -0.15) is 4.98 Å². The first-order chi connectivity index (χ1) is 9.71. The fourth-order valence-corrected chi connectivity index (χ4v) is 3.56. The zero-order valence-corrected chi connectivity index (χ0v) is 12.3. The number of hydrogen-bond donors (Lipinski definition) is 2. The average molecular weight is 279 g/mol. The molecule has 0 radical (unpaired) electrons. The van der Waals surface area contributed by atoms with Crippen LogP contribution >= 0.6 is 0 Å². The highest BCUT2D eigenvalue weighted by Crippen LogP contribution is 2.37. The molecule has 2 fully saturated rings. The minimum absolute atomic E-state index is 0.401. The van der Waals surface area contributed by atoms with Crippen LogP contribution in [0.1, 0.15) is 69.5 Å². The van der Waals surface area contributed by atoms with E-state index in [2.05, 4.69) is 22.4 Å². The van der Waals surface area contributed by atoms with Crippen LogP contribution in [0.3, 0.4) is 0 Å². The first kappa shape index (κ1) is 14.0. The minimum atomic E-state index is -0.970. The first-order valence-corrected chi connectivity index (χ1v) is 7.98. The summed E-state index contributed by atoms with van der Waals surface area (Å²) in [4.78, 5) is 4.53. The van der Waals surface area contributed by atoms with Gasteiger partial charge in [0.2, 0.25) is 0 Å². The Bertz CT molecular complexity index is 440. The monoisotopic (exact) mass is 279 g/mol. The second-order valence-corrected chi connectivity index (χ2v) is 6.41. The molecule has 3 unspecified atom stereocenters. The van der Waals surface area contributed by atoms with Gasteiger partial charge in [-0.1, -0.05) is 31.3 Å². The average Bonchev–Trinajstić information content (AvgIpc) is 2.99. The predicted molar refractivity (Wildman–Crippen MR) is 75.3 cm³/mol. The van der Waals surface area contributed by atoms with Crippen LogP contribution in [0, 0.1) is 5.92 Å². The molecule has 1 aliphatic carbocycles. The quantitative estimate of drug-likeness (QED) is 0.888. The summed E-state index contributed by atoms with van der Waals surface area (Å²) in [6, 6.07) is 0. The summed E-state index contributed by atoms with van der Waals surface area (Å²) in [7, 11) is 0. The zero-order valence-electron chi connectivity index (χ0n) is 12.3. The second kappa shape index (κ2) is 5.82. The largest absolute Gasteiger partial charge is 0.379 e. The molecule has 5 heteroatoms. The number of nitrogens with zero attached hydrogens (tertiary/aromatic N) is 2. The van der Waals surface area contributed by atoms with Crippen LogP contribution in [0.4, 0.5) is 0 Å². The molecule has 1 saturated heterocycles. The van der Waals surface area contributed by atoms with Gasteiger partial charge in [0.1, 0.15) is 0 Å². The standard InChI is InChI=1S/C15H25N3O2/c1-2-11-5-3-6-12(9-11)13-17-14(20-18-13)15(19)7-4-8-16-10-15/h11-12,16,19H,2-10H2,1H3. The smallest absolute Gasteiger partial charge is 0.259 e. The van der Waals surface area contributed by atoms with Crippen molar-refractivity contribution < 1.29 is 9.63 Å². The molecule has 0 bridgehead atoms. The molecule has 112 valence electrons. The molecule has 20 heavy (non-hydrogen) atoms. The molecule has 3 atom stereocenters. The van der Waals surface area contributed by atoms with Gasteiger partial charge in [0, 0.05) is 12.5 Å². The van der Waals surface area contributed by atoms with Gasteiger partial charge in [-0.05, 0) is 38.1 Å². The SMILES string of the molecule is CCC1CCCC(c2noc(C3(O)CCCNC3)n2)C1. The summed E-state index contributed by atoms with van der Waals surface area (Å²) in [5.41, 5.74) is -0.970. The Morgan fingerprint density at radius 1 is 1.40 bits per heavy atom. The van der Waals surface area contributed by atoms with E-state index in [0.717, 1.165) is 37.5 Å². The van der Waals surface area contributed by atoms with Gasteiger partial charge in [0.15, 0.2) is 11.4 Å². The normalized spacial score (nSPS) is 35.1. The Hall–Kier alpha value is -0.940. The predicted octanol–water partition coefficient (Wildman–Crippen LogP) is 2.32. The van der Waals surface area contributed by atoms with Crippen molar-refractivity contribution in [2.24, 2.45) is 5.92 Å². The summed E-state index contributed by atoms with van der Waals surface area (Å²) in [5, 5.41) is 17.9. The maximum absolute atomic E-state index is 10.6. The molecule has 1 aliphatic heterocycles. The van der Waals surface area contributed by atoms with Gasteiger partial charge in [0.05, 0.1) is 0 Å². The van der Waals surface area contributed by atoms with E-state index in [-0.39, 0.29) is 0 Å². The Kier molecular flexibility index (Phi) is 4.08. The number of nitrogens with one attached hydrogen (secondary N) is 1. The third-order valence-corrected chi connectivity index (χ3v) is 4.93. The summed E-state index contributed by atoms with van der Waals surface area (Å²) in [6.45, 7) is 3.71. The highest BCUT2D eigenvalue weighted by atomic mass is 16.5. The van der Waals surface area contributed by atoms with E-state index in [1.165, 1.54) is 19.3 Å². The van der Waals surface area contributed by atoms with Gasteiger partial charge < -0.3 is 14.9 Å². The molecule has 1 saturated carbocycles. The molecule has 2 aliphatic rings. The van der Waals surface area contributed by atoms with E-state index < -0.39 is 5.60 Å². The number of rotatable bonds is 3. The molecule has 0 aromatic carbocycles. The molecule has 0 amide bonds. The van der Waals surface area contributed by atoms with Gasteiger partial charge >= 0.3 is 0 Å². The molecule has 0 spiro atoms. The van der Waals surface area contributed by atoms with Crippen LogP contribution in [0.25, 0.3) is 0 Å². The Morgan fingerprint density at radius 3 is 3.05 bits per heavy atom. The van der Waals surface area contributed by atoms with Crippen molar-refractivity contribution in [3.63, 3.8) is 0 Å². The number of hydrogen-bond acceptors (Lipinski definition) is 5. The van der Waals surface area contributed by atoms with Crippen molar-refractivity contribution in [2.45, 2.75) is 63.4 Å². The topological polar surface area (TPSA) is 71.2 Å². The Labute approximate surface area is 120 Å². The Morgan fingerprint density at radius 2 is 2.30 bits per heavy atom. The van der Waals surface area contributed by atoms with Gasteiger partial charge in [-0.25, -0.2) is 0 Å². The third-order valence-electron chi connectivity index (χ3n) is 4.93. The summed E-state index contributed by atoms with van der Waals surface area (Å²) in [6.07, 6.45) is 7.75. The van der Waals surface area contributed by atoms with Gasteiger partial charge in [-0.15, -0.1) is 0 Å². The lowest BCUT2D eigenvalue weighted by Gasteiger charge is -2.29.